The lowest BCUT2D eigenvalue weighted by molar-refractivity contribution is 0.0142. The van der Waals surface area contributed by atoms with E-state index in [1.54, 1.807) is 19.1 Å². The molecule has 94 valence electrons. The Morgan fingerprint density at radius 2 is 1.94 bits per heavy atom. The lowest BCUT2D eigenvalue weighted by Gasteiger charge is -2.27. The van der Waals surface area contributed by atoms with Gasteiger partial charge in [-0.3, -0.25) is 4.79 Å². The van der Waals surface area contributed by atoms with Crippen molar-refractivity contribution in [1.82, 2.24) is 5.32 Å². The van der Waals surface area contributed by atoms with Gasteiger partial charge in [0.2, 0.25) is 0 Å². The summed E-state index contributed by atoms with van der Waals surface area (Å²) in [7, 11) is 0. The SMILES string of the molecule is CC(C)C(C)(O)CNC(=O)c1ccc(I)cc1. The van der Waals surface area contributed by atoms with Crippen LogP contribution in [0.4, 0.5) is 0 Å². The van der Waals surface area contributed by atoms with Gasteiger partial charge in [-0.1, -0.05) is 13.8 Å². The van der Waals surface area contributed by atoms with Crippen LogP contribution in [0, 0.1) is 9.49 Å². The van der Waals surface area contributed by atoms with E-state index in [0.29, 0.717) is 5.56 Å². The summed E-state index contributed by atoms with van der Waals surface area (Å²) in [5, 5.41) is 12.8. The molecule has 0 radical (unpaired) electrons. The van der Waals surface area contributed by atoms with Crippen LogP contribution in [0.1, 0.15) is 31.1 Å². The first-order valence-electron chi connectivity index (χ1n) is 5.59. The van der Waals surface area contributed by atoms with Gasteiger partial charge >= 0.3 is 0 Å². The Bertz CT molecular complexity index is 385. The van der Waals surface area contributed by atoms with Crippen LogP contribution in [0.3, 0.4) is 0 Å². The molecule has 0 saturated carbocycles. The molecule has 1 aromatic carbocycles. The van der Waals surface area contributed by atoms with Gasteiger partial charge in [0.25, 0.3) is 5.91 Å². The molecular weight excluding hydrogens is 329 g/mol. The minimum Gasteiger partial charge on any atom is -0.388 e. The molecule has 0 aliphatic carbocycles. The van der Waals surface area contributed by atoms with Crippen molar-refractivity contribution in [3.63, 3.8) is 0 Å². The number of halogens is 1. The summed E-state index contributed by atoms with van der Waals surface area (Å²) in [6.45, 7) is 5.84. The van der Waals surface area contributed by atoms with Crippen molar-refractivity contribution in [1.29, 1.82) is 0 Å². The third-order valence-corrected chi connectivity index (χ3v) is 3.68. The Hall–Kier alpha value is -0.620. The van der Waals surface area contributed by atoms with E-state index >= 15 is 0 Å². The number of hydrogen-bond donors (Lipinski definition) is 2. The molecule has 0 aromatic heterocycles. The van der Waals surface area contributed by atoms with Gasteiger partial charge in [0, 0.05) is 15.7 Å². The van der Waals surface area contributed by atoms with Crippen molar-refractivity contribution in [2.24, 2.45) is 5.92 Å². The molecule has 0 saturated heterocycles. The van der Waals surface area contributed by atoms with Gasteiger partial charge < -0.3 is 10.4 Å². The highest BCUT2D eigenvalue weighted by Gasteiger charge is 2.25. The first-order chi connectivity index (χ1) is 7.83. The zero-order valence-electron chi connectivity index (χ0n) is 10.3. The molecule has 0 bridgehead atoms. The molecule has 1 atom stereocenters. The first kappa shape index (κ1) is 14.4. The van der Waals surface area contributed by atoms with Crippen LogP contribution in [0.15, 0.2) is 24.3 Å². The van der Waals surface area contributed by atoms with E-state index in [9.17, 15) is 9.90 Å². The standard InChI is InChI=1S/C13H18INO2/c1-9(2)13(3,17)8-15-12(16)10-4-6-11(14)7-5-10/h4-7,9,17H,8H2,1-3H3,(H,15,16). The number of nitrogens with one attached hydrogen (secondary N) is 1. The molecule has 2 N–H and O–H groups in total. The summed E-state index contributed by atoms with van der Waals surface area (Å²) in [6.07, 6.45) is 0. The normalized spacial score (nSPS) is 14.5. The maximum Gasteiger partial charge on any atom is 0.251 e. The molecular formula is C13H18INO2. The summed E-state index contributed by atoms with van der Waals surface area (Å²) in [5.74, 6) is -0.0538. The maximum atomic E-state index is 11.8. The Kier molecular flexibility index (Phi) is 4.94. The van der Waals surface area contributed by atoms with Gasteiger partial charge in [-0.25, -0.2) is 0 Å². The van der Waals surface area contributed by atoms with Gasteiger partial charge in [-0.15, -0.1) is 0 Å². The summed E-state index contributed by atoms with van der Waals surface area (Å²) in [6, 6.07) is 7.33. The fourth-order valence-corrected chi connectivity index (χ4v) is 1.53. The number of aliphatic hydroxyl groups is 1. The van der Waals surface area contributed by atoms with E-state index in [1.165, 1.54) is 0 Å². The highest BCUT2D eigenvalue weighted by Crippen LogP contribution is 2.15. The minimum atomic E-state index is -0.876. The predicted molar refractivity (Wildman–Crippen MR) is 77.0 cm³/mol. The average molecular weight is 347 g/mol. The van der Waals surface area contributed by atoms with E-state index in [2.05, 4.69) is 27.9 Å². The number of rotatable bonds is 4. The third kappa shape index (κ3) is 4.27. The van der Waals surface area contributed by atoms with Crippen LogP contribution < -0.4 is 5.32 Å². The van der Waals surface area contributed by atoms with E-state index < -0.39 is 5.60 Å². The summed E-state index contributed by atoms with van der Waals surface area (Å²) in [4.78, 5) is 11.8. The molecule has 17 heavy (non-hydrogen) atoms. The Balaban J connectivity index is 2.59. The van der Waals surface area contributed by atoms with Gasteiger partial charge in [0.05, 0.1) is 5.60 Å². The number of hydrogen-bond acceptors (Lipinski definition) is 2. The molecule has 1 aromatic rings. The van der Waals surface area contributed by atoms with Gasteiger partial charge in [0.1, 0.15) is 0 Å². The van der Waals surface area contributed by atoms with Crippen LogP contribution in [0.2, 0.25) is 0 Å². The van der Waals surface area contributed by atoms with Crippen molar-refractivity contribution < 1.29 is 9.90 Å². The van der Waals surface area contributed by atoms with E-state index in [-0.39, 0.29) is 18.4 Å². The molecule has 0 aliphatic rings. The lowest BCUT2D eigenvalue weighted by Crippen LogP contribution is -2.44. The Morgan fingerprint density at radius 1 is 1.41 bits per heavy atom. The lowest BCUT2D eigenvalue weighted by atomic mass is 9.92. The van der Waals surface area contributed by atoms with Crippen molar-refractivity contribution in [2.75, 3.05) is 6.54 Å². The zero-order chi connectivity index (χ0) is 13.1. The van der Waals surface area contributed by atoms with Crippen molar-refractivity contribution in [3.05, 3.63) is 33.4 Å². The molecule has 1 unspecified atom stereocenters. The fraction of sp³-hybridized carbons (Fsp3) is 0.462. The summed E-state index contributed by atoms with van der Waals surface area (Å²) >= 11 is 2.19. The van der Waals surface area contributed by atoms with E-state index in [0.717, 1.165) is 3.57 Å². The number of carbonyl (C=O) groups excluding carboxylic acids is 1. The van der Waals surface area contributed by atoms with Crippen molar-refractivity contribution in [3.8, 4) is 0 Å². The molecule has 4 heteroatoms. The molecule has 0 aliphatic heterocycles. The van der Waals surface area contributed by atoms with Crippen LogP contribution in [0.5, 0.6) is 0 Å². The monoisotopic (exact) mass is 347 g/mol. The minimum absolute atomic E-state index is 0.0968. The van der Waals surface area contributed by atoms with Crippen LogP contribution >= 0.6 is 22.6 Å². The molecule has 0 heterocycles. The van der Waals surface area contributed by atoms with Crippen molar-refractivity contribution in [2.45, 2.75) is 26.4 Å². The maximum absolute atomic E-state index is 11.8. The van der Waals surface area contributed by atoms with Crippen LogP contribution in [-0.2, 0) is 0 Å². The highest BCUT2D eigenvalue weighted by molar-refractivity contribution is 14.1. The molecule has 1 amide bonds. The molecule has 1 rings (SSSR count). The molecule has 0 fully saturated rings. The smallest absolute Gasteiger partial charge is 0.251 e. The van der Waals surface area contributed by atoms with Gasteiger partial charge in [-0.05, 0) is 59.7 Å². The van der Waals surface area contributed by atoms with Crippen LogP contribution in [0.25, 0.3) is 0 Å². The number of carbonyl (C=O) groups is 1. The average Bonchev–Trinajstić information content (AvgIpc) is 2.27. The van der Waals surface area contributed by atoms with Gasteiger partial charge in [-0.2, -0.15) is 0 Å². The fourth-order valence-electron chi connectivity index (χ4n) is 1.17. The summed E-state index contributed by atoms with van der Waals surface area (Å²) in [5.41, 5.74) is -0.260. The van der Waals surface area contributed by atoms with Crippen molar-refractivity contribution >= 4 is 28.5 Å². The first-order valence-corrected chi connectivity index (χ1v) is 6.67. The van der Waals surface area contributed by atoms with Crippen LogP contribution in [-0.4, -0.2) is 23.2 Å². The highest BCUT2D eigenvalue weighted by atomic mass is 127. The number of benzene rings is 1. The second-order valence-corrected chi connectivity index (χ2v) is 5.95. The van der Waals surface area contributed by atoms with E-state index in [1.807, 2.05) is 26.0 Å². The summed E-state index contributed by atoms with van der Waals surface area (Å²) < 4.78 is 1.09. The molecule has 3 nitrogen and oxygen atoms in total. The molecule has 0 spiro atoms. The van der Waals surface area contributed by atoms with E-state index in [4.69, 9.17) is 0 Å². The quantitative estimate of drug-likeness (QED) is 0.822. The second kappa shape index (κ2) is 5.82. The second-order valence-electron chi connectivity index (χ2n) is 4.70. The Morgan fingerprint density at radius 3 is 2.41 bits per heavy atom. The predicted octanol–water partition coefficient (Wildman–Crippen LogP) is 2.43. The topological polar surface area (TPSA) is 49.3 Å². The Labute approximate surface area is 116 Å². The third-order valence-electron chi connectivity index (χ3n) is 2.96. The zero-order valence-corrected chi connectivity index (χ0v) is 12.5. The largest absolute Gasteiger partial charge is 0.388 e. The van der Waals surface area contributed by atoms with Gasteiger partial charge in [0.15, 0.2) is 0 Å². The number of amides is 1.